The number of hydrogen-bond acceptors (Lipinski definition) is 3. The standard InChI is InChI=1S/C10H10INO3/c1-7(13)15-6-8-2-4-9(5-3-8)12-10(11)14/h2-5H,6H2,1H3,(H,12,14). The highest BCUT2D eigenvalue weighted by Gasteiger charge is 1.98. The van der Waals surface area contributed by atoms with E-state index in [-0.39, 0.29) is 16.5 Å². The number of carbonyl (C=O) groups excluding carboxylic acids is 2. The van der Waals surface area contributed by atoms with Crippen LogP contribution in [-0.4, -0.2) is 9.88 Å². The van der Waals surface area contributed by atoms with Gasteiger partial charge in [-0.15, -0.1) is 0 Å². The Hall–Kier alpha value is -1.11. The Morgan fingerprint density at radius 1 is 1.33 bits per heavy atom. The third kappa shape index (κ3) is 4.78. The molecule has 0 bridgehead atoms. The van der Waals surface area contributed by atoms with Crippen molar-refractivity contribution < 1.29 is 14.3 Å². The molecule has 1 rings (SSSR count). The maximum atomic E-state index is 10.7. The summed E-state index contributed by atoms with van der Waals surface area (Å²) in [5.74, 6) is -0.306. The van der Waals surface area contributed by atoms with E-state index < -0.39 is 0 Å². The largest absolute Gasteiger partial charge is 0.461 e. The maximum Gasteiger partial charge on any atom is 0.302 e. The number of hydrogen-bond donors (Lipinski definition) is 1. The van der Waals surface area contributed by atoms with Crippen molar-refractivity contribution in [2.24, 2.45) is 0 Å². The monoisotopic (exact) mass is 319 g/mol. The molecule has 80 valence electrons. The molecule has 0 saturated carbocycles. The molecule has 0 fully saturated rings. The molecule has 0 radical (unpaired) electrons. The summed E-state index contributed by atoms with van der Waals surface area (Å²) in [6, 6.07) is 7.11. The molecule has 15 heavy (non-hydrogen) atoms. The summed E-state index contributed by atoms with van der Waals surface area (Å²) in [6.45, 7) is 1.62. The van der Waals surface area contributed by atoms with Crippen LogP contribution in [0.25, 0.3) is 0 Å². The third-order valence-corrected chi connectivity index (χ3v) is 1.91. The van der Waals surface area contributed by atoms with Crippen molar-refractivity contribution in [3.63, 3.8) is 0 Å². The van der Waals surface area contributed by atoms with Crippen LogP contribution in [0.15, 0.2) is 24.3 Å². The summed E-state index contributed by atoms with van der Waals surface area (Å²) in [5, 5.41) is 2.64. The van der Waals surface area contributed by atoms with Gasteiger partial charge in [-0.3, -0.25) is 9.59 Å². The van der Waals surface area contributed by atoms with Crippen molar-refractivity contribution in [3.05, 3.63) is 29.8 Å². The lowest BCUT2D eigenvalue weighted by Gasteiger charge is -2.04. The van der Waals surface area contributed by atoms with Gasteiger partial charge < -0.3 is 10.1 Å². The van der Waals surface area contributed by atoms with Gasteiger partial charge in [-0.05, 0) is 17.7 Å². The second-order valence-corrected chi connectivity index (χ2v) is 3.86. The molecule has 0 unspecified atom stereocenters. The van der Waals surface area contributed by atoms with Crippen LogP contribution in [0.1, 0.15) is 12.5 Å². The van der Waals surface area contributed by atoms with E-state index in [4.69, 9.17) is 4.74 Å². The van der Waals surface area contributed by atoms with E-state index in [0.717, 1.165) is 11.3 Å². The van der Waals surface area contributed by atoms with E-state index >= 15 is 0 Å². The fourth-order valence-corrected chi connectivity index (χ4v) is 1.29. The maximum absolute atomic E-state index is 10.7. The number of benzene rings is 1. The Morgan fingerprint density at radius 2 is 1.93 bits per heavy atom. The Balaban J connectivity index is 2.56. The van der Waals surface area contributed by atoms with Crippen LogP contribution in [0.4, 0.5) is 10.5 Å². The van der Waals surface area contributed by atoms with Crippen molar-refractivity contribution in [1.29, 1.82) is 0 Å². The Labute approximate surface area is 101 Å². The average molecular weight is 319 g/mol. The molecule has 0 aliphatic heterocycles. The first kappa shape index (κ1) is 12.0. The second kappa shape index (κ2) is 5.69. The fourth-order valence-electron chi connectivity index (χ4n) is 0.983. The first-order valence-electron chi connectivity index (χ1n) is 4.26. The molecule has 0 atom stereocenters. The predicted octanol–water partition coefficient (Wildman–Crippen LogP) is 2.72. The lowest BCUT2D eigenvalue weighted by Crippen LogP contribution is -2.01. The van der Waals surface area contributed by atoms with Gasteiger partial charge in [-0.2, -0.15) is 0 Å². The molecule has 0 aliphatic rings. The summed E-state index contributed by atoms with van der Waals surface area (Å²) in [5.41, 5.74) is 1.61. The van der Waals surface area contributed by atoms with Gasteiger partial charge in [0.1, 0.15) is 6.61 Å². The lowest BCUT2D eigenvalue weighted by atomic mass is 10.2. The molecule has 1 aromatic carbocycles. The van der Waals surface area contributed by atoms with E-state index in [0.29, 0.717) is 0 Å². The number of halogens is 1. The molecule has 0 aromatic heterocycles. The van der Waals surface area contributed by atoms with Gasteiger partial charge >= 0.3 is 5.97 Å². The summed E-state index contributed by atoms with van der Waals surface area (Å²) < 4.78 is 4.68. The number of nitrogens with one attached hydrogen (secondary N) is 1. The number of anilines is 1. The zero-order chi connectivity index (χ0) is 11.3. The van der Waals surface area contributed by atoms with Gasteiger partial charge in [-0.1, -0.05) is 12.1 Å². The lowest BCUT2D eigenvalue weighted by molar-refractivity contribution is -0.142. The van der Waals surface area contributed by atoms with Crippen LogP contribution >= 0.6 is 22.6 Å². The quantitative estimate of drug-likeness (QED) is 0.403. The highest BCUT2D eigenvalue weighted by atomic mass is 127. The Kier molecular flexibility index (Phi) is 4.54. The van der Waals surface area contributed by atoms with E-state index in [9.17, 15) is 9.59 Å². The molecule has 0 spiro atoms. The first-order valence-corrected chi connectivity index (χ1v) is 5.34. The van der Waals surface area contributed by atoms with Crippen LogP contribution in [0.5, 0.6) is 0 Å². The second-order valence-electron chi connectivity index (χ2n) is 2.88. The van der Waals surface area contributed by atoms with E-state index in [2.05, 4.69) is 5.32 Å². The third-order valence-electron chi connectivity index (χ3n) is 1.64. The van der Waals surface area contributed by atoms with Crippen LogP contribution in [0.3, 0.4) is 0 Å². The molecular formula is C10H10INO3. The minimum atomic E-state index is -0.306. The van der Waals surface area contributed by atoms with Crippen molar-refractivity contribution in [1.82, 2.24) is 0 Å². The Bertz CT molecular complexity index is 361. The number of esters is 1. The molecule has 4 nitrogen and oxygen atoms in total. The highest BCUT2D eigenvalue weighted by molar-refractivity contribution is 14.1. The minimum Gasteiger partial charge on any atom is -0.461 e. The average Bonchev–Trinajstić information content (AvgIpc) is 2.16. The first-order chi connectivity index (χ1) is 7.08. The molecule has 1 N–H and O–H groups in total. The van der Waals surface area contributed by atoms with Gasteiger partial charge in [0.15, 0.2) is 0 Å². The molecule has 1 amide bonds. The van der Waals surface area contributed by atoms with E-state index in [1.807, 2.05) is 0 Å². The normalized spacial score (nSPS) is 9.47. The number of amides is 1. The Morgan fingerprint density at radius 3 is 2.40 bits per heavy atom. The molecule has 0 heterocycles. The van der Waals surface area contributed by atoms with Gasteiger partial charge in [0, 0.05) is 35.2 Å². The van der Waals surface area contributed by atoms with Gasteiger partial charge in [0.2, 0.25) is 0 Å². The summed E-state index contributed by atoms with van der Waals surface area (Å²) in [6.07, 6.45) is 0. The van der Waals surface area contributed by atoms with E-state index in [1.54, 1.807) is 46.9 Å². The van der Waals surface area contributed by atoms with Gasteiger partial charge in [0.25, 0.3) is 3.91 Å². The van der Waals surface area contributed by atoms with Gasteiger partial charge in [-0.25, -0.2) is 0 Å². The zero-order valence-electron chi connectivity index (χ0n) is 8.12. The van der Waals surface area contributed by atoms with Crippen molar-refractivity contribution in [2.75, 3.05) is 5.32 Å². The molecule has 0 aliphatic carbocycles. The number of rotatable bonds is 3. The van der Waals surface area contributed by atoms with Crippen molar-refractivity contribution in [3.8, 4) is 0 Å². The fraction of sp³-hybridized carbons (Fsp3) is 0.200. The van der Waals surface area contributed by atoms with Crippen LogP contribution in [0, 0.1) is 0 Å². The number of carbonyl (C=O) groups is 2. The van der Waals surface area contributed by atoms with Crippen LogP contribution in [-0.2, 0) is 16.1 Å². The highest BCUT2D eigenvalue weighted by Crippen LogP contribution is 2.11. The topological polar surface area (TPSA) is 55.4 Å². The van der Waals surface area contributed by atoms with Crippen LogP contribution < -0.4 is 5.32 Å². The van der Waals surface area contributed by atoms with Gasteiger partial charge in [0.05, 0.1) is 0 Å². The zero-order valence-corrected chi connectivity index (χ0v) is 10.3. The number of ether oxygens (including phenoxy) is 1. The molecule has 5 heteroatoms. The molecule has 1 aromatic rings. The predicted molar refractivity (Wildman–Crippen MR) is 65.0 cm³/mol. The minimum absolute atomic E-state index is 0.139. The van der Waals surface area contributed by atoms with E-state index in [1.165, 1.54) is 6.92 Å². The van der Waals surface area contributed by atoms with Crippen LogP contribution in [0.2, 0.25) is 0 Å². The summed E-state index contributed by atoms with van der Waals surface area (Å²) in [7, 11) is 0. The smallest absolute Gasteiger partial charge is 0.302 e. The SMILES string of the molecule is CC(=O)OCc1ccc(NC(=O)I)cc1. The molecular weight excluding hydrogens is 309 g/mol. The van der Waals surface area contributed by atoms with Crippen molar-refractivity contribution >= 4 is 38.2 Å². The molecule has 0 saturated heterocycles. The van der Waals surface area contributed by atoms with Crippen molar-refractivity contribution in [2.45, 2.75) is 13.5 Å². The summed E-state index contributed by atoms with van der Waals surface area (Å²) in [4.78, 5) is 21.3. The summed E-state index contributed by atoms with van der Waals surface area (Å²) >= 11 is 1.66.